The molecule has 2 fully saturated rings. The van der Waals surface area contributed by atoms with E-state index in [1.165, 1.54) is 25.5 Å². The maximum absolute atomic E-state index is 5.93. The van der Waals surface area contributed by atoms with Crippen LogP contribution >= 0.6 is 0 Å². The van der Waals surface area contributed by atoms with E-state index in [0.717, 1.165) is 260 Å². The Morgan fingerprint density at radius 1 is 0.459 bits per heavy atom. The number of allylic oxidation sites excluding steroid dienone is 1. The molecule has 0 bridgehead atoms. The molecule has 2 aliphatic rings. The molecule has 17 rings (SSSR count). The minimum Gasteiger partial charge on any atom is -0.497 e. The van der Waals surface area contributed by atoms with E-state index < -0.39 is 0 Å². The van der Waals surface area contributed by atoms with Crippen LogP contribution in [0.3, 0.4) is 0 Å². The van der Waals surface area contributed by atoms with Crippen LogP contribution in [0.4, 0.5) is 45.5 Å². The van der Waals surface area contributed by atoms with Gasteiger partial charge in [0.15, 0.2) is 0 Å². The number of nitrogens with one attached hydrogen (secondary N) is 1. The van der Waals surface area contributed by atoms with Crippen molar-refractivity contribution in [2.75, 3.05) is 142 Å². The molecule has 7 aromatic heterocycles. The maximum Gasteiger partial charge on any atom is 0.127 e. The molecule has 1 unspecified atom stereocenters. The molecule has 3 atom stereocenters. The van der Waals surface area contributed by atoms with E-state index in [0.29, 0.717) is 17.3 Å². The first-order valence-corrected chi connectivity index (χ1v) is 45.8. The van der Waals surface area contributed by atoms with E-state index in [1.54, 1.807) is 110 Å². The Hall–Kier alpha value is -14.6. The molecule has 31 heteroatoms. The summed E-state index contributed by atoms with van der Waals surface area (Å²) in [5, 5.41) is 15.4. The van der Waals surface area contributed by atoms with Crippen LogP contribution in [0.2, 0.25) is 0 Å². The van der Waals surface area contributed by atoms with E-state index in [9.17, 15) is 0 Å². The van der Waals surface area contributed by atoms with Gasteiger partial charge in [-0.3, -0.25) is 49.2 Å². The zero-order valence-corrected chi connectivity index (χ0v) is 80.4. The highest BCUT2D eigenvalue weighted by Crippen LogP contribution is 2.42. The molecule has 135 heavy (non-hydrogen) atoms. The first kappa shape index (κ1) is 96.5. The van der Waals surface area contributed by atoms with Crippen molar-refractivity contribution in [3.63, 3.8) is 0 Å². The van der Waals surface area contributed by atoms with Gasteiger partial charge in [0.1, 0.15) is 46.0 Å². The zero-order valence-electron chi connectivity index (χ0n) is 80.4. The van der Waals surface area contributed by atoms with Crippen LogP contribution < -0.4 is 63.2 Å². The average Bonchev–Trinajstić information content (AvgIpc) is 1.41. The third-order valence-electron chi connectivity index (χ3n) is 24.0. The summed E-state index contributed by atoms with van der Waals surface area (Å²) in [6.45, 7) is 21.2. The Labute approximate surface area is 789 Å². The molecule has 0 saturated carbocycles. The van der Waals surface area contributed by atoms with Crippen molar-refractivity contribution < 1.29 is 42.6 Å². The highest BCUT2D eigenvalue weighted by Gasteiger charge is 2.27. The summed E-state index contributed by atoms with van der Waals surface area (Å²) < 4.78 is 53.9. The molecule has 0 amide bonds. The van der Waals surface area contributed by atoms with Crippen molar-refractivity contribution in [3.8, 4) is 79.8 Å². The minimum atomic E-state index is 0.208. The summed E-state index contributed by atoms with van der Waals surface area (Å²) in [6, 6.07) is 47.2. The minimum absolute atomic E-state index is 0.208. The topological polar surface area (TPSA) is 308 Å². The molecular formula is C104H124N22O9. The lowest BCUT2D eigenvalue weighted by Gasteiger charge is -2.37. The number of rotatable bonds is 33. The molecule has 2 saturated heterocycles. The number of ether oxygens (including phenoxy) is 9. The normalized spacial score (nSPS) is 14.6. The van der Waals surface area contributed by atoms with Crippen molar-refractivity contribution >= 4 is 101 Å². The van der Waals surface area contributed by atoms with Crippen molar-refractivity contribution in [1.82, 2.24) is 79.4 Å². The largest absolute Gasteiger partial charge is 0.497 e. The number of aryl methyl sites for hydroxylation is 2. The molecule has 3 N–H and O–H groups in total. The van der Waals surface area contributed by atoms with Crippen molar-refractivity contribution in [2.24, 2.45) is 24.8 Å². The number of benzene rings is 8. The summed E-state index contributed by atoms with van der Waals surface area (Å²) in [5.41, 5.74) is 28.4. The van der Waals surface area contributed by atoms with Gasteiger partial charge in [0, 0.05) is 245 Å². The number of anilines is 8. The Morgan fingerprint density at radius 3 is 1.27 bits per heavy atom. The van der Waals surface area contributed by atoms with Gasteiger partial charge in [0.05, 0.1) is 185 Å². The van der Waals surface area contributed by atoms with Crippen molar-refractivity contribution in [3.05, 3.63) is 219 Å². The van der Waals surface area contributed by atoms with Crippen LogP contribution in [0.5, 0.6) is 46.0 Å². The SMILES string of the molecule is CCCCN(c1cc(OC)cc(OC)c1)c1ccc2ncc(-c3cn[nH]c3)nc2c1.CCCCN(c1ccc2ncc(-c3cnn(C)c3)nc2c1)c1cc(OC)cc(OC)c1C.CN=CC(=CN)c1cnc2ccc(N(CCN3C[C@@H](C)O[C@@H](C)C3)c3cc(OC)cc(OC)c3)cc2n1.COc1cc(OC)cc(N(CCN2CCCCC2C)c2ccc3ncc(-c4cnn(C)c4)nc3c2)c1. The quantitative estimate of drug-likeness (QED) is 0.0361. The Bertz CT molecular complexity index is 6450. The molecule has 31 nitrogen and oxygen atoms in total. The van der Waals surface area contributed by atoms with Crippen LogP contribution in [-0.4, -0.2) is 227 Å². The highest BCUT2D eigenvalue weighted by atomic mass is 16.5. The number of fused-ring (bicyclic) bond motifs is 4. The van der Waals surface area contributed by atoms with Crippen LogP contribution in [0.15, 0.2) is 213 Å². The number of aliphatic imine (C=N–C) groups is 1. The number of aromatic amines is 1. The lowest BCUT2D eigenvalue weighted by atomic mass is 10.0. The number of unbranched alkanes of at least 4 members (excludes halogenated alkanes) is 2. The van der Waals surface area contributed by atoms with E-state index in [-0.39, 0.29) is 12.2 Å². The Kier molecular flexibility index (Phi) is 33.0. The number of piperidine rings is 1. The highest BCUT2D eigenvalue weighted by molar-refractivity contribution is 6.09. The molecule has 8 aromatic carbocycles. The van der Waals surface area contributed by atoms with Crippen molar-refractivity contribution in [1.29, 1.82) is 0 Å². The fraction of sp³-hybridized carbons (Fsp3) is 0.346. The zero-order chi connectivity index (χ0) is 95.0. The van der Waals surface area contributed by atoms with Gasteiger partial charge in [-0.25, -0.2) is 19.9 Å². The molecule has 2 aliphatic heterocycles. The predicted octanol–water partition coefficient (Wildman–Crippen LogP) is 19.2. The monoisotopic (exact) mass is 1820 g/mol. The summed E-state index contributed by atoms with van der Waals surface area (Å²) in [4.78, 5) is 56.1. The second-order valence-corrected chi connectivity index (χ2v) is 33.4. The predicted molar refractivity (Wildman–Crippen MR) is 539 cm³/mol. The van der Waals surface area contributed by atoms with Gasteiger partial charge in [0.25, 0.3) is 0 Å². The van der Waals surface area contributed by atoms with Crippen LogP contribution in [-0.2, 0) is 18.8 Å². The van der Waals surface area contributed by atoms with Crippen molar-refractivity contribution in [2.45, 2.75) is 105 Å². The molecule has 15 aromatic rings. The number of nitrogens with two attached hydrogens (primary N) is 1. The van der Waals surface area contributed by atoms with E-state index >= 15 is 0 Å². The second-order valence-electron chi connectivity index (χ2n) is 33.4. The molecule has 0 aliphatic carbocycles. The first-order chi connectivity index (χ1) is 65.7. The summed E-state index contributed by atoms with van der Waals surface area (Å²) >= 11 is 0. The standard InChI is InChI=1S/C28H36N6O3.C28H34N6O2.C25H29N5O2.C23H25N5O2/c1-19-17-33(18-20(2)37-19)8-9-34(23-10-24(35-4)13-25(11-23)36-5)22-6-7-26-27(12-22)32-28(16-31-26)21(14-29)15-30-3;1-20-7-5-6-10-33(20)11-12-34(23-13-24(35-3)16-25(14-23)36-4)22-8-9-26-27(15-22)31-28(18-29-26)21-17-30-32(2)19-21;1-6-7-10-30(24-12-20(31-4)13-25(32-5)17(24)2)19-8-9-21-22(11-19)28-23(15-26-21)18-14-27-29(3)16-18;1-4-5-8-28(18-9-19(29-2)12-20(10-18)30-3)17-6-7-21-22(11-17)27-23(15-24-21)16-13-25-26-14-16/h6-7,10-16,19-20H,8-9,17-18,29H2,1-5H3;8-9,13-20H,5-7,10-12H2,1-4H3;8-9,11-16H,6-7,10H2,1-5H3;6-7,9-15H,4-5,8H2,1-3H3,(H,25,26)/t19-,20+;;;. The number of morpholine rings is 1. The van der Waals surface area contributed by atoms with Gasteiger partial charge in [-0.2, -0.15) is 15.3 Å². The van der Waals surface area contributed by atoms with Crippen LogP contribution in [0, 0.1) is 6.92 Å². The van der Waals surface area contributed by atoms with E-state index in [4.69, 9.17) is 68.3 Å². The number of methoxy groups -OCH3 is 8. The first-order valence-electron chi connectivity index (χ1n) is 45.8. The lowest BCUT2D eigenvalue weighted by molar-refractivity contribution is -0.0669. The van der Waals surface area contributed by atoms with Gasteiger partial charge in [-0.05, 0) is 133 Å². The summed E-state index contributed by atoms with van der Waals surface area (Å²) in [5.74, 6) is 6.08. The fourth-order valence-electron chi connectivity index (χ4n) is 16.8. The van der Waals surface area contributed by atoms with Gasteiger partial charge < -0.3 is 68.0 Å². The molecular weight excluding hydrogens is 1700 g/mol. The number of H-pyrrole nitrogens is 1. The second kappa shape index (κ2) is 46.2. The number of hydrogen-bond donors (Lipinski definition) is 2. The van der Waals surface area contributed by atoms with Gasteiger partial charge >= 0.3 is 0 Å². The third-order valence-corrected chi connectivity index (χ3v) is 24.0. The fourth-order valence-corrected chi connectivity index (χ4v) is 16.8. The maximum atomic E-state index is 5.93. The number of likely N-dealkylation sites (tertiary alicyclic amines) is 1. The summed E-state index contributed by atoms with van der Waals surface area (Å²) in [6.07, 6.45) is 29.9. The van der Waals surface area contributed by atoms with Gasteiger partial charge in [0.2, 0.25) is 0 Å². The number of nitrogens with zero attached hydrogens (tertiary/aromatic N) is 20. The van der Waals surface area contributed by atoms with E-state index in [2.05, 4.69) is 183 Å². The van der Waals surface area contributed by atoms with Crippen LogP contribution in [0.25, 0.3) is 83.5 Å². The third kappa shape index (κ3) is 24.3. The number of aromatic nitrogens is 14. The van der Waals surface area contributed by atoms with E-state index in [1.807, 2.05) is 118 Å². The smallest absolute Gasteiger partial charge is 0.127 e. The number of hydrogen-bond acceptors (Lipinski definition) is 28. The molecule has 704 valence electrons. The van der Waals surface area contributed by atoms with Gasteiger partial charge in [-0.15, -0.1) is 0 Å². The van der Waals surface area contributed by atoms with Crippen LogP contribution in [0.1, 0.15) is 90.8 Å². The lowest BCUT2D eigenvalue weighted by Crippen LogP contribution is -2.47. The molecule has 0 spiro atoms. The molecule has 0 radical (unpaired) electrons. The Balaban J connectivity index is 0.000000145. The summed E-state index contributed by atoms with van der Waals surface area (Å²) in [7, 11) is 18.9. The van der Waals surface area contributed by atoms with Gasteiger partial charge in [-0.1, -0.05) is 33.1 Å². The molecule has 9 heterocycles. The Morgan fingerprint density at radius 2 is 0.874 bits per heavy atom. The average molecular weight is 1830 g/mol.